The molecule has 0 aromatic heterocycles. The van der Waals surface area contributed by atoms with Gasteiger partial charge in [-0.1, -0.05) is 30.3 Å². The zero-order valence-electron chi connectivity index (χ0n) is 15.4. The number of rotatable bonds is 6. The molecule has 4 nitrogen and oxygen atoms in total. The van der Waals surface area contributed by atoms with E-state index in [2.05, 4.69) is 5.32 Å². The average molecular weight is 368 g/mol. The number of likely N-dealkylation sites (tertiary alicyclic amines) is 1. The molecule has 142 valence electrons. The predicted octanol–water partition coefficient (Wildman–Crippen LogP) is 3.70. The molecule has 1 N–H and O–H groups in total. The van der Waals surface area contributed by atoms with Crippen molar-refractivity contribution in [1.29, 1.82) is 0 Å². The minimum Gasteiger partial charge on any atom is -0.352 e. The maximum atomic E-state index is 13.6. The Morgan fingerprint density at radius 3 is 2.56 bits per heavy atom. The van der Waals surface area contributed by atoms with Crippen LogP contribution in [0.1, 0.15) is 47.2 Å². The summed E-state index contributed by atoms with van der Waals surface area (Å²) in [7, 11) is 0. The molecule has 0 spiro atoms. The molecule has 2 amide bonds. The van der Waals surface area contributed by atoms with E-state index in [1.807, 2.05) is 29.2 Å². The summed E-state index contributed by atoms with van der Waals surface area (Å²) in [6, 6.07) is 13.9. The molecule has 1 aliphatic heterocycles. The molecule has 1 saturated heterocycles. The summed E-state index contributed by atoms with van der Waals surface area (Å²) in [5.41, 5.74) is 2.09. The van der Waals surface area contributed by atoms with E-state index in [0.717, 1.165) is 31.5 Å². The van der Waals surface area contributed by atoms with E-state index in [0.29, 0.717) is 24.1 Å². The minimum atomic E-state index is -0.283. The summed E-state index contributed by atoms with van der Waals surface area (Å²) in [5, 5.41) is 2.85. The number of piperidine rings is 1. The van der Waals surface area contributed by atoms with E-state index in [4.69, 9.17) is 0 Å². The fourth-order valence-electron chi connectivity index (χ4n) is 3.33. The Kier molecular flexibility index (Phi) is 6.58. The van der Waals surface area contributed by atoms with E-state index < -0.39 is 0 Å². The number of hydrogen-bond donors (Lipinski definition) is 1. The van der Waals surface area contributed by atoms with Crippen LogP contribution in [0.2, 0.25) is 0 Å². The van der Waals surface area contributed by atoms with Gasteiger partial charge in [0, 0.05) is 31.6 Å². The van der Waals surface area contributed by atoms with Gasteiger partial charge >= 0.3 is 0 Å². The van der Waals surface area contributed by atoms with Crippen LogP contribution < -0.4 is 5.32 Å². The van der Waals surface area contributed by atoms with Crippen molar-refractivity contribution in [2.75, 3.05) is 13.1 Å². The van der Waals surface area contributed by atoms with Crippen LogP contribution in [0, 0.1) is 5.82 Å². The van der Waals surface area contributed by atoms with Crippen molar-refractivity contribution in [2.45, 2.75) is 38.6 Å². The topological polar surface area (TPSA) is 49.4 Å². The first-order chi connectivity index (χ1) is 13.1. The van der Waals surface area contributed by atoms with Crippen molar-refractivity contribution in [3.8, 4) is 0 Å². The van der Waals surface area contributed by atoms with Crippen molar-refractivity contribution in [3.05, 3.63) is 71.0 Å². The zero-order chi connectivity index (χ0) is 19.1. The lowest BCUT2D eigenvalue weighted by Gasteiger charge is -2.26. The minimum absolute atomic E-state index is 0.0578. The van der Waals surface area contributed by atoms with E-state index in [1.165, 1.54) is 12.5 Å². The van der Waals surface area contributed by atoms with Crippen molar-refractivity contribution in [3.63, 3.8) is 0 Å². The number of nitrogens with one attached hydrogen (secondary N) is 1. The summed E-state index contributed by atoms with van der Waals surface area (Å²) >= 11 is 0. The van der Waals surface area contributed by atoms with Crippen molar-refractivity contribution < 1.29 is 14.0 Å². The van der Waals surface area contributed by atoms with Crippen LogP contribution in [0.3, 0.4) is 0 Å². The molecule has 1 fully saturated rings. The number of benzene rings is 2. The molecule has 0 atom stereocenters. The maximum Gasteiger partial charge on any atom is 0.253 e. The molecule has 27 heavy (non-hydrogen) atoms. The Morgan fingerprint density at radius 2 is 1.78 bits per heavy atom. The molecule has 0 aliphatic carbocycles. The lowest BCUT2D eigenvalue weighted by molar-refractivity contribution is -0.121. The Bertz CT molecular complexity index is 800. The van der Waals surface area contributed by atoms with E-state index in [1.54, 1.807) is 18.2 Å². The quantitative estimate of drug-likeness (QED) is 0.845. The van der Waals surface area contributed by atoms with Crippen LogP contribution in [0.15, 0.2) is 48.5 Å². The fraction of sp³-hybridized carbons (Fsp3) is 0.364. The normalized spacial score (nSPS) is 14.0. The molecule has 0 bridgehead atoms. The Balaban J connectivity index is 1.51. The van der Waals surface area contributed by atoms with Gasteiger partial charge in [0.05, 0.1) is 0 Å². The highest BCUT2D eigenvalue weighted by atomic mass is 19.1. The third-order valence-corrected chi connectivity index (χ3v) is 4.89. The second-order valence-electron chi connectivity index (χ2n) is 6.92. The maximum absolute atomic E-state index is 13.6. The van der Waals surface area contributed by atoms with Gasteiger partial charge in [-0.3, -0.25) is 9.59 Å². The van der Waals surface area contributed by atoms with Crippen molar-refractivity contribution >= 4 is 11.8 Å². The molecule has 3 rings (SSSR count). The molecule has 5 heteroatoms. The van der Waals surface area contributed by atoms with Gasteiger partial charge in [0.2, 0.25) is 5.91 Å². The number of nitrogens with zero attached hydrogens (tertiary/aromatic N) is 1. The summed E-state index contributed by atoms with van der Waals surface area (Å²) < 4.78 is 13.6. The van der Waals surface area contributed by atoms with Crippen molar-refractivity contribution in [2.24, 2.45) is 0 Å². The highest BCUT2D eigenvalue weighted by molar-refractivity contribution is 5.94. The first-order valence-electron chi connectivity index (χ1n) is 9.52. The second-order valence-corrected chi connectivity index (χ2v) is 6.92. The Labute approximate surface area is 159 Å². The summed E-state index contributed by atoms with van der Waals surface area (Å²) in [5.74, 6) is -0.359. The Hall–Kier alpha value is -2.69. The molecular weight excluding hydrogens is 343 g/mol. The van der Waals surface area contributed by atoms with E-state index >= 15 is 0 Å². The van der Waals surface area contributed by atoms with Gasteiger partial charge in [-0.25, -0.2) is 4.39 Å². The monoisotopic (exact) mass is 368 g/mol. The number of carbonyl (C=O) groups is 2. The third kappa shape index (κ3) is 5.39. The summed E-state index contributed by atoms with van der Waals surface area (Å²) in [6.45, 7) is 1.99. The van der Waals surface area contributed by atoms with Crippen LogP contribution in [0.4, 0.5) is 4.39 Å². The van der Waals surface area contributed by atoms with Crippen LogP contribution in [0.25, 0.3) is 0 Å². The lowest BCUT2D eigenvalue weighted by Crippen LogP contribution is -2.35. The number of hydrogen-bond acceptors (Lipinski definition) is 2. The SMILES string of the molecule is O=C(CCc1ccccc1F)NCc1cccc(C(=O)N2CCCCC2)c1. The number of halogens is 1. The summed E-state index contributed by atoms with van der Waals surface area (Å²) in [6.07, 6.45) is 3.90. The smallest absolute Gasteiger partial charge is 0.253 e. The number of amides is 2. The van der Waals surface area contributed by atoms with Crippen LogP contribution in [-0.2, 0) is 17.8 Å². The molecule has 0 unspecified atom stereocenters. The molecule has 2 aromatic carbocycles. The van der Waals surface area contributed by atoms with Gasteiger partial charge in [0.25, 0.3) is 5.91 Å². The van der Waals surface area contributed by atoms with Gasteiger partial charge < -0.3 is 10.2 Å². The van der Waals surface area contributed by atoms with Crippen LogP contribution >= 0.6 is 0 Å². The molecule has 0 radical (unpaired) electrons. The van der Waals surface area contributed by atoms with Crippen molar-refractivity contribution in [1.82, 2.24) is 10.2 Å². The highest BCUT2D eigenvalue weighted by Crippen LogP contribution is 2.14. The number of carbonyl (C=O) groups excluding carboxylic acids is 2. The molecule has 1 heterocycles. The fourth-order valence-corrected chi connectivity index (χ4v) is 3.33. The van der Waals surface area contributed by atoms with Gasteiger partial charge in [-0.05, 0) is 55.0 Å². The first kappa shape index (κ1) is 19.1. The molecule has 0 saturated carbocycles. The van der Waals surface area contributed by atoms with Gasteiger partial charge in [-0.15, -0.1) is 0 Å². The predicted molar refractivity (Wildman–Crippen MR) is 103 cm³/mol. The average Bonchev–Trinajstić information content (AvgIpc) is 2.72. The Morgan fingerprint density at radius 1 is 1.00 bits per heavy atom. The summed E-state index contributed by atoms with van der Waals surface area (Å²) in [4.78, 5) is 26.5. The highest BCUT2D eigenvalue weighted by Gasteiger charge is 2.18. The zero-order valence-corrected chi connectivity index (χ0v) is 15.4. The van der Waals surface area contributed by atoms with E-state index in [9.17, 15) is 14.0 Å². The van der Waals surface area contributed by atoms with Gasteiger partial charge in [-0.2, -0.15) is 0 Å². The van der Waals surface area contributed by atoms with Crippen LogP contribution in [0.5, 0.6) is 0 Å². The molecule has 2 aromatic rings. The largest absolute Gasteiger partial charge is 0.352 e. The standard InChI is InChI=1S/C22H25FN2O2/c23-20-10-3-2-8-18(20)11-12-21(26)24-16-17-7-6-9-19(15-17)22(27)25-13-4-1-5-14-25/h2-3,6-10,15H,1,4-5,11-14,16H2,(H,24,26). The van der Waals surface area contributed by atoms with Gasteiger partial charge in [0.1, 0.15) is 5.82 Å². The molecule has 1 aliphatic rings. The second kappa shape index (κ2) is 9.31. The number of aryl methyl sites for hydroxylation is 1. The van der Waals surface area contributed by atoms with Crippen LogP contribution in [-0.4, -0.2) is 29.8 Å². The first-order valence-corrected chi connectivity index (χ1v) is 9.52. The van der Waals surface area contributed by atoms with Gasteiger partial charge in [0.15, 0.2) is 0 Å². The third-order valence-electron chi connectivity index (χ3n) is 4.89. The lowest BCUT2D eigenvalue weighted by atomic mass is 10.1. The van der Waals surface area contributed by atoms with E-state index in [-0.39, 0.29) is 24.1 Å². The molecular formula is C22H25FN2O2.